The van der Waals surface area contributed by atoms with E-state index in [4.69, 9.17) is 15.0 Å². The molecule has 0 spiro atoms. The Morgan fingerprint density at radius 2 is 1.29 bits per heavy atom. The second-order valence-corrected chi connectivity index (χ2v) is 6.23. The molecule has 24 heavy (non-hydrogen) atoms. The molecule has 0 amide bonds. The van der Waals surface area contributed by atoms with Crippen molar-refractivity contribution in [3.63, 3.8) is 0 Å². The molecule has 0 aliphatic rings. The monoisotopic (exact) mass is 338 g/mol. The van der Waals surface area contributed by atoms with Crippen molar-refractivity contribution < 1.29 is 24.5 Å². The predicted octanol–water partition coefficient (Wildman–Crippen LogP) is 4.87. The van der Waals surface area contributed by atoms with Gasteiger partial charge >= 0.3 is 11.9 Å². The van der Waals surface area contributed by atoms with E-state index in [2.05, 4.69) is 0 Å². The number of esters is 2. The summed E-state index contributed by atoms with van der Waals surface area (Å²) in [5.41, 5.74) is -0.939. The van der Waals surface area contributed by atoms with E-state index in [-0.39, 0.29) is 25.0 Å². The van der Waals surface area contributed by atoms with E-state index >= 15 is 0 Å². The van der Waals surface area contributed by atoms with Crippen molar-refractivity contribution in [1.82, 2.24) is 0 Å². The Morgan fingerprint density at radius 3 is 1.62 bits per heavy atom. The third-order valence-electron chi connectivity index (χ3n) is 3.66. The van der Waals surface area contributed by atoms with E-state index in [0.29, 0.717) is 0 Å². The summed E-state index contributed by atoms with van der Waals surface area (Å²) in [6.07, 6.45) is 3.56. The molecule has 0 N–H and O–H groups in total. The highest BCUT2D eigenvalue weighted by Crippen LogP contribution is 2.15. The SMILES string of the molecule is [2H]c1c([2H])c([2H])c(C(=O)OCC(C)CCC)c(C(=O)OCC(C)CCC)c1[2H]. The molecule has 4 nitrogen and oxygen atoms in total. The molecule has 2 unspecified atom stereocenters. The van der Waals surface area contributed by atoms with Gasteiger partial charge in [-0.2, -0.15) is 0 Å². The van der Waals surface area contributed by atoms with Gasteiger partial charge in [0.05, 0.1) is 29.8 Å². The number of carbonyl (C=O) groups excluding carboxylic acids is 2. The zero-order chi connectivity index (χ0) is 21.4. The van der Waals surface area contributed by atoms with Crippen LogP contribution in [0, 0.1) is 11.8 Å². The fourth-order valence-corrected chi connectivity index (χ4v) is 2.35. The maximum Gasteiger partial charge on any atom is 0.339 e. The second-order valence-electron chi connectivity index (χ2n) is 6.23. The van der Waals surface area contributed by atoms with Crippen LogP contribution < -0.4 is 0 Å². The van der Waals surface area contributed by atoms with Gasteiger partial charge in [-0.3, -0.25) is 0 Å². The first kappa shape index (κ1) is 14.5. The maximum absolute atomic E-state index is 12.6. The molecule has 1 rings (SSSR count). The molecule has 0 fully saturated rings. The summed E-state index contributed by atoms with van der Waals surface area (Å²) >= 11 is 0. The average Bonchev–Trinajstić information content (AvgIpc) is 2.65. The molecule has 0 aliphatic heterocycles. The molecule has 0 bridgehead atoms. The lowest BCUT2D eigenvalue weighted by molar-refractivity contribution is 0.0397. The van der Waals surface area contributed by atoms with Crippen LogP contribution in [0.2, 0.25) is 0 Å². The molecule has 0 saturated heterocycles. The highest BCUT2D eigenvalue weighted by atomic mass is 16.5. The second kappa shape index (κ2) is 10.8. The Morgan fingerprint density at radius 1 is 0.917 bits per heavy atom. The summed E-state index contributed by atoms with van der Waals surface area (Å²) in [5, 5.41) is 0. The number of ether oxygens (including phenoxy) is 2. The lowest BCUT2D eigenvalue weighted by Crippen LogP contribution is -2.18. The van der Waals surface area contributed by atoms with Gasteiger partial charge in [0.15, 0.2) is 0 Å². The number of benzene rings is 1. The maximum atomic E-state index is 12.6. The van der Waals surface area contributed by atoms with Crippen molar-refractivity contribution in [2.45, 2.75) is 53.4 Å². The third-order valence-corrected chi connectivity index (χ3v) is 3.66. The van der Waals surface area contributed by atoms with Crippen molar-refractivity contribution in [2.24, 2.45) is 11.8 Å². The fraction of sp³-hybridized carbons (Fsp3) is 0.600. The first-order chi connectivity index (χ1) is 13.1. The van der Waals surface area contributed by atoms with Crippen molar-refractivity contribution in [2.75, 3.05) is 13.2 Å². The fourth-order valence-electron chi connectivity index (χ4n) is 2.35. The van der Waals surface area contributed by atoms with Crippen LogP contribution in [0.4, 0.5) is 0 Å². The van der Waals surface area contributed by atoms with Gasteiger partial charge in [-0.15, -0.1) is 0 Å². The minimum Gasteiger partial charge on any atom is -0.462 e. The van der Waals surface area contributed by atoms with E-state index in [1.165, 1.54) is 0 Å². The Balaban J connectivity index is 3.20. The summed E-state index contributed by atoms with van der Waals surface area (Å²) in [4.78, 5) is 25.2. The quantitative estimate of drug-likeness (QED) is 0.571. The summed E-state index contributed by atoms with van der Waals surface area (Å²) < 4.78 is 42.2. The van der Waals surface area contributed by atoms with Crippen LogP contribution >= 0.6 is 0 Å². The van der Waals surface area contributed by atoms with Crippen LogP contribution in [0.15, 0.2) is 24.2 Å². The smallest absolute Gasteiger partial charge is 0.339 e. The summed E-state index contributed by atoms with van der Waals surface area (Å²) in [7, 11) is 0. The van der Waals surface area contributed by atoms with E-state index in [1.807, 2.05) is 27.7 Å². The molecular weight excluding hydrogens is 304 g/mol. The molecule has 1 aromatic rings. The standard InChI is InChI=1S/C20H30O4/c1-5-9-15(3)13-23-19(21)17-11-7-8-12-18(17)20(22)24-14-16(4)10-6-2/h7-8,11-12,15-16H,5-6,9-10,13-14H2,1-4H3/i7D,8D,11D,12D. The van der Waals surface area contributed by atoms with Crippen molar-refractivity contribution in [3.05, 3.63) is 35.3 Å². The molecule has 0 radical (unpaired) electrons. The molecule has 2 atom stereocenters. The molecule has 0 saturated carbocycles. The highest BCUT2D eigenvalue weighted by Gasteiger charge is 2.20. The summed E-state index contributed by atoms with van der Waals surface area (Å²) in [6, 6.07) is -2.37. The van der Waals surface area contributed by atoms with Gasteiger partial charge in [-0.25, -0.2) is 9.59 Å². The van der Waals surface area contributed by atoms with Crippen LogP contribution in [0.25, 0.3) is 0 Å². The Hall–Kier alpha value is -1.84. The summed E-state index contributed by atoms with van der Waals surface area (Å²) in [6.45, 7) is 8.08. The van der Waals surface area contributed by atoms with Crippen LogP contribution in [0.5, 0.6) is 0 Å². The van der Waals surface area contributed by atoms with E-state index in [9.17, 15) is 9.59 Å². The number of hydrogen-bond acceptors (Lipinski definition) is 4. The minimum atomic E-state index is -0.941. The van der Waals surface area contributed by atoms with E-state index < -0.39 is 47.2 Å². The topological polar surface area (TPSA) is 52.6 Å². The van der Waals surface area contributed by atoms with Gasteiger partial charge in [0.25, 0.3) is 0 Å². The first-order valence-electron chi connectivity index (χ1n) is 10.6. The zero-order valence-electron chi connectivity index (χ0n) is 19.0. The van der Waals surface area contributed by atoms with Crippen molar-refractivity contribution in [3.8, 4) is 0 Å². The minimum absolute atomic E-state index is 0.106. The van der Waals surface area contributed by atoms with E-state index in [1.54, 1.807) is 0 Å². The van der Waals surface area contributed by atoms with E-state index in [0.717, 1.165) is 25.7 Å². The number of rotatable bonds is 10. The van der Waals surface area contributed by atoms with Crippen molar-refractivity contribution >= 4 is 11.9 Å². The van der Waals surface area contributed by atoms with Crippen LogP contribution in [-0.2, 0) is 9.47 Å². The van der Waals surface area contributed by atoms with Crippen molar-refractivity contribution in [1.29, 1.82) is 0 Å². The Bertz CT molecular complexity index is 647. The molecular formula is C20H30O4. The first-order valence-corrected chi connectivity index (χ1v) is 8.60. The van der Waals surface area contributed by atoms with Gasteiger partial charge in [0.2, 0.25) is 0 Å². The van der Waals surface area contributed by atoms with Gasteiger partial charge in [-0.05, 0) is 36.8 Å². The molecule has 4 heteroatoms. The van der Waals surface area contributed by atoms with Gasteiger partial charge in [0.1, 0.15) is 0 Å². The molecule has 0 heterocycles. The lowest BCUT2D eigenvalue weighted by atomic mass is 10.1. The predicted molar refractivity (Wildman–Crippen MR) is 95.2 cm³/mol. The lowest BCUT2D eigenvalue weighted by Gasteiger charge is -2.14. The largest absolute Gasteiger partial charge is 0.462 e. The normalized spacial score (nSPS) is 15.5. The highest BCUT2D eigenvalue weighted by molar-refractivity contribution is 6.03. The van der Waals surface area contributed by atoms with Gasteiger partial charge in [0, 0.05) is 0 Å². The molecule has 0 aliphatic carbocycles. The molecule has 134 valence electrons. The third kappa shape index (κ3) is 6.73. The Kier molecular flexibility index (Phi) is 6.55. The van der Waals surface area contributed by atoms with Gasteiger partial charge < -0.3 is 9.47 Å². The van der Waals surface area contributed by atoms with Crippen LogP contribution in [-0.4, -0.2) is 25.2 Å². The van der Waals surface area contributed by atoms with Crippen LogP contribution in [0.1, 0.15) is 79.6 Å². The number of carbonyl (C=O) groups is 2. The average molecular weight is 338 g/mol. The zero-order valence-corrected chi connectivity index (χ0v) is 15.0. The van der Waals surface area contributed by atoms with Gasteiger partial charge in [-0.1, -0.05) is 52.6 Å². The number of hydrogen-bond donors (Lipinski definition) is 0. The summed E-state index contributed by atoms with van der Waals surface area (Å²) in [5.74, 6) is -1.67. The van der Waals surface area contributed by atoms with Crippen LogP contribution in [0.3, 0.4) is 0 Å². The molecule has 0 aromatic heterocycles. The molecule has 1 aromatic carbocycles. The Labute approximate surface area is 151 Å².